The lowest BCUT2D eigenvalue weighted by atomic mass is 9.33. The van der Waals surface area contributed by atoms with Gasteiger partial charge in [-0.1, -0.05) is 60.6 Å². The van der Waals surface area contributed by atoms with Crippen molar-refractivity contribution in [3.8, 4) is 0 Å². The molecule has 5 aliphatic carbocycles. The Balaban J connectivity index is 1.57. The molecule has 5 aliphatic rings. The van der Waals surface area contributed by atoms with Crippen LogP contribution in [-0.4, -0.2) is 28.4 Å². The van der Waals surface area contributed by atoms with Crippen LogP contribution in [0.15, 0.2) is 24.3 Å². The largest absolute Gasteiger partial charge is 0.369 e. The van der Waals surface area contributed by atoms with Gasteiger partial charge in [0.25, 0.3) is 0 Å². The molecule has 0 aromatic heterocycles. The maximum Gasteiger partial charge on any atom is 0.223 e. The first-order valence-corrected chi connectivity index (χ1v) is 15.9. The maximum absolute atomic E-state index is 14.6. The fourth-order valence-corrected chi connectivity index (χ4v) is 11.8. The minimum Gasteiger partial charge on any atom is -0.369 e. The molecule has 0 spiro atoms. The van der Waals surface area contributed by atoms with Crippen molar-refractivity contribution in [3.05, 3.63) is 24.3 Å². The first kappa shape index (κ1) is 30.5. The Labute approximate surface area is 247 Å². The van der Waals surface area contributed by atoms with Gasteiger partial charge in [0.15, 0.2) is 11.5 Å². The zero-order chi connectivity index (χ0) is 30.6. The summed E-state index contributed by atoms with van der Waals surface area (Å²) in [5.74, 6) is -0.176. The fourth-order valence-electron chi connectivity index (χ4n) is 11.8. The molecule has 0 aromatic carbocycles. The highest BCUT2D eigenvalue weighted by atomic mass is 16.3. The van der Waals surface area contributed by atoms with E-state index in [0.29, 0.717) is 6.42 Å². The van der Waals surface area contributed by atoms with Gasteiger partial charge in [-0.05, 0) is 109 Å². The summed E-state index contributed by atoms with van der Waals surface area (Å²) in [4.78, 5) is 39.2. The van der Waals surface area contributed by atoms with E-state index in [0.717, 1.165) is 51.4 Å². The zero-order valence-corrected chi connectivity index (χ0v) is 26.8. The molecule has 4 saturated carbocycles. The average molecular weight is 567 g/mol. The van der Waals surface area contributed by atoms with Crippen LogP contribution in [-0.2, 0) is 14.4 Å². The molecule has 4 fully saturated rings. The van der Waals surface area contributed by atoms with Crippen molar-refractivity contribution in [2.75, 3.05) is 0 Å². The summed E-state index contributed by atoms with van der Waals surface area (Å²) in [5, 5.41) is 14.4. The summed E-state index contributed by atoms with van der Waals surface area (Å²) >= 11 is 0. The van der Waals surface area contributed by atoms with E-state index in [4.69, 9.17) is 5.73 Å². The van der Waals surface area contributed by atoms with E-state index >= 15 is 0 Å². The number of carbonyl (C=O) groups excluding carboxylic acids is 3. The molecule has 10 atom stereocenters. The van der Waals surface area contributed by atoms with Crippen LogP contribution in [0.2, 0.25) is 0 Å². The lowest BCUT2D eigenvalue weighted by Gasteiger charge is -2.71. The highest BCUT2D eigenvalue weighted by Gasteiger charge is 2.71. The predicted octanol–water partition coefficient (Wildman–Crippen LogP) is 6.08. The van der Waals surface area contributed by atoms with Gasteiger partial charge < -0.3 is 16.2 Å². The summed E-state index contributed by atoms with van der Waals surface area (Å²) in [6.45, 7) is 21.3. The van der Waals surface area contributed by atoms with Crippen LogP contribution in [0.25, 0.3) is 0 Å². The Morgan fingerprint density at radius 1 is 1.02 bits per heavy atom. The molecule has 228 valence electrons. The molecular weight excluding hydrogens is 512 g/mol. The van der Waals surface area contributed by atoms with E-state index in [2.05, 4.69) is 53.4 Å². The van der Waals surface area contributed by atoms with Crippen LogP contribution in [0.3, 0.4) is 0 Å². The number of hydrogen-bond acceptors (Lipinski definition) is 4. The lowest BCUT2D eigenvalue weighted by molar-refractivity contribution is -0.210. The number of nitrogens with one attached hydrogen (secondary N) is 1. The Morgan fingerprint density at radius 2 is 1.66 bits per heavy atom. The molecule has 0 bridgehead atoms. The number of amides is 2. The van der Waals surface area contributed by atoms with Gasteiger partial charge in [-0.2, -0.15) is 0 Å². The van der Waals surface area contributed by atoms with Crippen molar-refractivity contribution in [2.24, 2.45) is 61.9 Å². The van der Waals surface area contributed by atoms with Gasteiger partial charge in [-0.15, -0.1) is 0 Å². The molecule has 6 heteroatoms. The van der Waals surface area contributed by atoms with Crippen molar-refractivity contribution >= 4 is 17.6 Å². The number of ketones is 1. The predicted molar refractivity (Wildman–Crippen MR) is 161 cm³/mol. The normalized spacial score (nSPS) is 48.2. The second-order valence-corrected chi connectivity index (χ2v) is 16.7. The topological polar surface area (TPSA) is 109 Å². The Kier molecular flexibility index (Phi) is 6.72. The number of rotatable bonds is 4. The van der Waals surface area contributed by atoms with E-state index < -0.39 is 11.1 Å². The summed E-state index contributed by atoms with van der Waals surface area (Å²) in [6, 6.07) is 0. The standard InChI is InChI=1S/C35H54N2O4/c1-10-35(41,37-21(2)38)26-11-13-32(7)25(29(26,3)4)12-14-34(9)27(32)24(39)19-22-23-20-31(6,28(36)40)16-15-30(23,5)17-18-33(22,34)8/h10,19,23,25-27,41H,1,11-18,20H2,2-9H3,(H2,36,40)(H,37,38)/t23-,25?,26+,27-,30-,31+,32+,33-,34-,35?/m1/s1. The number of carbonyl (C=O) groups is 3. The second kappa shape index (κ2) is 9.03. The molecule has 2 unspecified atom stereocenters. The molecule has 4 N–H and O–H groups in total. The number of hydrogen-bond donors (Lipinski definition) is 3. The molecule has 2 amide bonds. The Morgan fingerprint density at radius 3 is 2.24 bits per heavy atom. The van der Waals surface area contributed by atoms with Crippen LogP contribution < -0.4 is 11.1 Å². The quantitative estimate of drug-likeness (QED) is 0.283. The summed E-state index contributed by atoms with van der Waals surface area (Å²) in [5.41, 5.74) is 4.40. The van der Waals surface area contributed by atoms with Crippen LogP contribution in [0.1, 0.15) is 113 Å². The summed E-state index contributed by atoms with van der Waals surface area (Å²) in [7, 11) is 0. The number of aliphatic hydroxyl groups is 1. The van der Waals surface area contributed by atoms with Crippen LogP contribution in [0.5, 0.6) is 0 Å². The molecular formula is C35H54N2O4. The smallest absolute Gasteiger partial charge is 0.223 e. The zero-order valence-electron chi connectivity index (χ0n) is 26.8. The summed E-state index contributed by atoms with van der Waals surface area (Å²) in [6.07, 6.45) is 11.6. The number of allylic oxidation sites excluding steroid dienone is 2. The minimum atomic E-state index is -1.49. The molecule has 5 rings (SSSR count). The van der Waals surface area contributed by atoms with Gasteiger partial charge in [0.2, 0.25) is 11.8 Å². The average Bonchev–Trinajstić information content (AvgIpc) is 2.85. The lowest BCUT2D eigenvalue weighted by Crippen LogP contribution is -2.68. The fraction of sp³-hybridized carbons (Fsp3) is 0.800. The summed E-state index contributed by atoms with van der Waals surface area (Å²) < 4.78 is 0. The maximum atomic E-state index is 14.6. The van der Waals surface area contributed by atoms with E-state index in [-0.39, 0.29) is 68.3 Å². The molecule has 6 nitrogen and oxygen atoms in total. The van der Waals surface area contributed by atoms with Crippen LogP contribution in [0, 0.1) is 56.2 Å². The third kappa shape index (κ3) is 3.94. The highest BCUT2D eigenvalue weighted by molar-refractivity contribution is 5.95. The van der Waals surface area contributed by atoms with E-state index in [1.807, 2.05) is 13.0 Å². The molecule has 0 radical (unpaired) electrons. The van der Waals surface area contributed by atoms with Gasteiger partial charge in [0, 0.05) is 24.2 Å². The van der Waals surface area contributed by atoms with Gasteiger partial charge in [0.1, 0.15) is 0 Å². The van der Waals surface area contributed by atoms with Gasteiger partial charge in [-0.25, -0.2) is 0 Å². The monoisotopic (exact) mass is 566 g/mol. The van der Waals surface area contributed by atoms with Gasteiger partial charge >= 0.3 is 0 Å². The van der Waals surface area contributed by atoms with Crippen molar-refractivity contribution in [3.63, 3.8) is 0 Å². The molecule has 0 aromatic rings. The third-order valence-corrected chi connectivity index (χ3v) is 14.4. The SMILES string of the molecule is C=CC(O)(NC(C)=O)[C@H]1CC[C@@]2(C)C(CC[C@]3(C)[C@@H]2C(=O)C=C2[C@H]4C[C@@](C)(C(N)=O)CC[C@]4(C)CC[C@]23C)C1(C)C. The van der Waals surface area contributed by atoms with E-state index in [1.165, 1.54) is 18.6 Å². The molecule has 0 saturated heterocycles. The van der Waals surface area contributed by atoms with Crippen molar-refractivity contribution in [1.82, 2.24) is 5.32 Å². The number of fused-ring (bicyclic) bond motifs is 7. The van der Waals surface area contributed by atoms with Crippen molar-refractivity contribution in [2.45, 2.75) is 119 Å². The Bertz CT molecular complexity index is 1220. The number of nitrogens with two attached hydrogens (primary N) is 1. The minimum absolute atomic E-state index is 0.0871. The molecule has 41 heavy (non-hydrogen) atoms. The van der Waals surface area contributed by atoms with E-state index in [9.17, 15) is 19.5 Å². The van der Waals surface area contributed by atoms with Crippen molar-refractivity contribution < 1.29 is 19.5 Å². The highest BCUT2D eigenvalue weighted by Crippen LogP contribution is 2.75. The van der Waals surface area contributed by atoms with Crippen molar-refractivity contribution in [1.29, 1.82) is 0 Å². The van der Waals surface area contributed by atoms with Gasteiger partial charge in [-0.3, -0.25) is 14.4 Å². The first-order valence-electron chi connectivity index (χ1n) is 15.9. The second-order valence-electron chi connectivity index (χ2n) is 16.7. The first-order chi connectivity index (χ1) is 18.7. The van der Waals surface area contributed by atoms with Gasteiger partial charge in [0.05, 0.1) is 0 Å². The van der Waals surface area contributed by atoms with E-state index in [1.54, 1.807) is 0 Å². The van der Waals surface area contributed by atoms with Crippen LogP contribution >= 0.6 is 0 Å². The molecule has 0 aliphatic heterocycles. The third-order valence-electron chi connectivity index (χ3n) is 14.4. The molecule has 0 heterocycles. The Hall–Kier alpha value is -1.95. The van der Waals surface area contributed by atoms with Crippen LogP contribution in [0.4, 0.5) is 0 Å². The number of primary amides is 1.